The topological polar surface area (TPSA) is 92.5 Å². The number of carbonyl (C=O) groups is 2. The van der Waals surface area contributed by atoms with Crippen molar-refractivity contribution < 1.29 is 14.7 Å². The number of aryl methyl sites for hydroxylation is 1. The van der Waals surface area contributed by atoms with E-state index in [1.54, 1.807) is 27.9 Å². The molecule has 0 atom stereocenters. The van der Waals surface area contributed by atoms with Gasteiger partial charge in [-0.15, -0.1) is 0 Å². The van der Waals surface area contributed by atoms with E-state index >= 15 is 0 Å². The van der Waals surface area contributed by atoms with Crippen molar-refractivity contribution in [2.24, 2.45) is 0 Å². The van der Waals surface area contributed by atoms with Crippen LogP contribution in [0.3, 0.4) is 0 Å². The zero-order chi connectivity index (χ0) is 15.4. The number of hydrogen-bond donors (Lipinski definition) is 1. The lowest BCUT2D eigenvalue weighted by Gasteiger charge is -2.16. The van der Waals surface area contributed by atoms with Crippen molar-refractivity contribution in [3.8, 4) is 0 Å². The highest BCUT2D eigenvalue weighted by Gasteiger charge is 2.15. The fourth-order valence-electron chi connectivity index (χ4n) is 1.90. The first-order chi connectivity index (χ1) is 9.23. The van der Waals surface area contributed by atoms with Crippen molar-refractivity contribution in [3.05, 3.63) is 27.4 Å². The van der Waals surface area contributed by atoms with E-state index in [4.69, 9.17) is 5.11 Å². The second-order valence-corrected chi connectivity index (χ2v) is 4.81. The van der Waals surface area contributed by atoms with Crippen molar-refractivity contribution in [3.63, 3.8) is 0 Å². The molecule has 7 nitrogen and oxygen atoms in total. The van der Waals surface area contributed by atoms with E-state index in [1.165, 1.54) is 9.47 Å². The molecule has 7 heteroatoms. The van der Waals surface area contributed by atoms with Gasteiger partial charge >= 0.3 is 11.7 Å². The van der Waals surface area contributed by atoms with Crippen LogP contribution in [0.4, 0.5) is 0 Å². The van der Waals surface area contributed by atoms with Gasteiger partial charge in [0.1, 0.15) is 6.54 Å². The van der Waals surface area contributed by atoms with Gasteiger partial charge in [-0.1, -0.05) is 0 Å². The SMILES string of the molecule is Cc1nc(=O)n(CC(=O)N(C)C)c(C)c1CCC(=O)O. The second kappa shape index (κ2) is 6.31. The van der Waals surface area contributed by atoms with Gasteiger partial charge in [0, 0.05) is 31.9 Å². The number of amides is 1. The summed E-state index contributed by atoms with van der Waals surface area (Å²) in [5.41, 5.74) is 1.33. The Labute approximate surface area is 116 Å². The summed E-state index contributed by atoms with van der Waals surface area (Å²) in [6.45, 7) is 3.28. The van der Waals surface area contributed by atoms with Crippen LogP contribution in [0, 0.1) is 13.8 Å². The van der Waals surface area contributed by atoms with E-state index in [2.05, 4.69) is 4.98 Å². The molecule has 1 amide bonds. The van der Waals surface area contributed by atoms with Gasteiger partial charge in [-0.2, -0.15) is 4.98 Å². The molecule has 1 aromatic rings. The molecule has 1 N–H and O–H groups in total. The lowest BCUT2D eigenvalue weighted by molar-refractivity contribution is -0.137. The van der Waals surface area contributed by atoms with E-state index in [1.807, 2.05) is 0 Å². The lowest BCUT2D eigenvalue weighted by Crippen LogP contribution is -2.35. The first-order valence-corrected chi connectivity index (χ1v) is 6.23. The Morgan fingerprint density at radius 3 is 2.40 bits per heavy atom. The van der Waals surface area contributed by atoms with Gasteiger partial charge in [0.25, 0.3) is 0 Å². The third-order valence-electron chi connectivity index (χ3n) is 3.15. The molecule has 0 aromatic carbocycles. The molecule has 0 unspecified atom stereocenters. The average molecular weight is 281 g/mol. The predicted molar refractivity (Wildman–Crippen MR) is 72.6 cm³/mol. The number of likely N-dealkylation sites (N-methyl/N-ethyl adjacent to an activating group) is 1. The molecule has 1 heterocycles. The summed E-state index contributed by atoms with van der Waals surface area (Å²) in [6.07, 6.45) is 0.250. The fraction of sp³-hybridized carbons (Fsp3) is 0.538. The summed E-state index contributed by atoms with van der Waals surface area (Å²) in [6, 6.07) is 0. The number of aromatic nitrogens is 2. The Balaban J connectivity index is 3.18. The van der Waals surface area contributed by atoms with E-state index < -0.39 is 11.7 Å². The van der Waals surface area contributed by atoms with Gasteiger partial charge < -0.3 is 10.0 Å². The van der Waals surface area contributed by atoms with Gasteiger partial charge in [0.2, 0.25) is 5.91 Å². The summed E-state index contributed by atoms with van der Waals surface area (Å²) in [7, 11) is 3.21. The molecule has 1 aromatic heterocycles. The molecule has 0 saturated carbocycles. The molecule has 0 fully saturated rings. The molecule has 0 spiro atoms. The van der Waals surface area contributed by atoms with Gasteiger partial charge in [0.05, 0.1) is 0 Å². The molecule has 0 aliphatic carbocycles. The summed E-state index contributed by atoms with van der Waals surface area (Å²) >= 11 is 0. The van der Waals surface area contributed by atoms with Crippen molar-refractivity contribution in [2.75, 3.05) is 14.1 Å². The summed E-state index contributed by atoms with van der Waals surface area (Å²) < 4.78 is 1.28. The number of aliphatic carboxylic acids is 1. The van der Waals surface area contributed by atoms with Crippen LogP contribution in [0.1, 0.15) is 23.4 Å². The van der Waals surface area contributed by atoms with Crippen LogP contribution in [0.25, 0.3) is 0 Å². The van der Waals surface area contributed by atoms with E-state index in [-0.39, 0.29) is 25.3 Å². The van der Waals surface area contributed by atoms with Crippen LogP contribution in [-0.4, -0.2) is 45.5 Å². The fourth-order valence-corrected chi connectivity index (χ4v) is 1.90. The molecular formula is C13H19N3O4. The zero-order valence-corrected chi connectivity index (χ0v) is 12.1. The largest absolute Gasteiger partial charge is 0.481 e. The summed E-state index contributed by atoms with van der Waals surface area (Å²) in [4.78, 5) is 39.5. The van der Waals surface area contributed by atoms with Crippen molar-refractivity contribution in [1.82, 2.24) is 14.5 Å². The molecule has 0 bridgehead atoms. The maximum absolute atomic E-state index is 11.9. The highest BCUT2D eigenvalue weighted by Crippen LogP contribution is 2.12. The minimum atomic E-state index is -0.911. The number of carbonyl (C=O) groups excluding carboxylic acids is 1. The third kappa shape index (κ3) is 3.66. The van der Waals surface area contributed by atoms with Crippen LogP contribution in [-0.2, 0) is 22.6 Å². The first kappa shape index (κ1) is 15.9. The number of carboxylic acids is 1. The zero-order valence-electron chi connectivity index (χ0n) is 12.1. The molecular weight excluding hydrogens is 262 g/mol. The van der Waals surface area contributed by atoms with Gasteiger partial charge in [0.15, 0.2) is 0 Å². The molecule has 1 rings (SSSR count). The van der Waals surface area contributed by atoms with E-state index in [0.717, 1.165) is 0 Å². The monoisotopic (exact) mass is 281 g/mol. The maximum atomic E-state index is 11.9. The number of hydrogen-bond acceptors (Lipinski definition) is 4. The van der Waals surface area contributed by atoms with Crippen LogP contribution in [0.15, 0.2) is 4.79 Å². The molecule has 20 heavy (non-hydrogen) atoms. The van der Waals surface area contributed by atoms with E-state index in [9.17, 15) is 14.4 Å². The van der Waals surface area contributed by atoms with Crippen LogP contribution >= 0.6 is 0 Å². The van der Waals surface area contributed by atoms with Crippen LogP contribution < -0.4 is 5.69 Å². The predicted octanol–water partition coefficient (Wildman–Crippen LogP) is -0.0345. The number of carboxylic acid groups (broad SMARTS) is 1. The molecule has 110 valence electrons. The molecule has 0 aliphatic heterocycles. The number of nitrogens with zero attached hydrogens (tertiary/aromatic N) is 3. The highest BCUT2D eigenvalue weighted by atomic mass is 16.4. The Hall–Kier alpha value is -2.18. The van der Waals surface area contributed by atoms with Crippen molar-refractivity contribution in [2.45, 2.75) is 33.2 Å². The van der Waals surface area contributed by atoms with Gasteiger partial charge in [-0.25, -0.2) is 4.79 Å². The molecule has 0 aliphatic rings. The Kier molecular flexibility index (Phi) is 5.01. The Bertz CT molecular complexity index is 590. The van der Waals surface area contributed by atoms with Crippen LogP contribution in [0.2, 0.25) is 0 Å². The average Bonchev–Trinajstić information content (AvgIpc) is 2.33. The first-order valence-electron chi connectivity index (χ1n) is 6.23. The maximum Gasteiger partial charge on any atom is 0.348 e. The molecule has 0 saturated heterocycles. The summed E-state index contributed by atoms with van der Waals surface area (Å²) in [5.74, 6) is -1.13. The normalized spacial score (nSPS) is 10.4. The minimum Gasteiger partial charge on any atom is -0.481 e. The summed E-state index contributed by atoms with van der Waals surface area (Å²) in [5, 5.41) is 8.75. The lowest BCUT2D eigenvalue weighted by atomic mass is 10.1. The van der Waals surface area contributed by atoms with E-state index in [0.29, 0.717) is 17.0 Å². The van der Waals surface area contributed by atoms with Gasteiger partial charge in [-0.3, -0.25) is 14.2 Å². The quantitative estimate of drug-likeness (QED) is 0.818. The standard InChI is InChI=1S/C13H19N3O4/c1-8-10(5-6-12(18)19)9(2)16(13(20)14-8)7-11(17)15(3)4/h5-7H2,1-4H3,(H,18,19). The third-order valence-corrected chi connectivity index (χ3v) is 3.15. The number of rotatable bonds is 5. The second-order valence-electron chi connectivity index (χ2n) is 4.81. The Morgan fingerprint density at radius 2 is 1.90 bits per heavy atom. The van der Waals surface area contributed by atoms with Gasteiger partial charge in [-0.05, 0) is 25.8 Å². The minimum absolute atomic E-state index is 0.0385. The van der Waals surface area contributed by atoms with Crippen LogP contribution in [0.5, 0.6) is 0 Å². The smallest absolute Gasteiger partial charge is 0.348 e. The molecule has 0 radical (unpaired) electrons. The Morgan fingerprint density at radius 1 is 1.30 bits per heavy atom. The van der Waals surface area contributed by atoms with Crippen molar-refractivity contribution >= 4 is 11.9 Å². The highest BCUT2D eigenvalue weighted by molar-refractivity contribution is 5.75. The van der Waals surface area contributed by atoms with Crippen molar-refractivity contribution in [1.29, 1.82) is 0 Å².